The maximum absolute atomic E-state index is 5.04. The van der Waals surface area contributed by atoms with Crippen LogP contribution in [0, 0.1) is 0 Å². The fraction of sp³-hybridized carbons (Fsp3) is 0.182. The summed E-state index contributed by atoms with van der Waals surface area (Å²) >= 11 is 0. The second kappa shape index (κ2) is 3.44. The molecule has 0 unspecified atom stereocenters. The van der Waals surface area contributed by atoms with Gasteiger partial charge in [0.2, 0.25) is 0 Å². The summed E-state index contributed by atoms with van der Waals surface area (Å²) in [7, 11) is 0. The van der Waals surface area contributed by atoms with Crippen LogP contribution in [0.15, 0.2) is 41.1 Å². The Morgan fingerprint density at radius 1 is 1.15 bits per heavy atom. The minimum absolute atomic E-state index is 0.822. The van der Waals surface area contributed by atoms with Gasteiger partial charge in [0, 0.05) is 11.6 Å². The fourth-order valence-electron chi connectivity index (χ4n) is 1.27. The lowest BCUT2D eigenvalue weighted by atomic mass is 10.1. The van der Waals surface area contributed by atoms with Gasteiger partial charge in [0.1, 0.15) is 0 Å². The van der Waals surface area contributed by atoms with Gasteiger partial charge in [0.15, 0.2) is 5.76 Å². The Morgan fingerprint density at radius 2 is 1.92 bits per heavy atom. The molecule has 13 heavy (non-hydrogen) atoms. The zero-order valence-electron chi connectivity index (χ0n) is 7.53. The summed E-state index contributed by atoms with van der Waals surface area (Å²) in [5, 5.41) is 3.67. The Balaban J connectivity index is 2.33. The Kier molecular flexibility index (Phi) is 2.13. The van der Waals surface area contributed by atoms with Crippen LogP contribution >= 0.6 is 0 Å². The van der Waals surface area contributed by atoms with Gasteiger partial charge < -0.3 is 4.52 Å². The summed E-state index contributed by atoms with van der Waals surface area (Å²) in [6, 6.07) is 10.2. The van der Waals surface area contributed by atoms with E-state index in [1.165, 1.54) is 5.56 Å². The standard InChI is InChI=1S/C11H11NO/c1-2-9-3-5-10(6-4-9)11-7-8-12-13-11/h3-8H,2H2,1H3. The molecule has 0 bridgehead atoms. The summed E-state index contributed by atoms with van der Waals surface area (Å²) in [4.78, 5) is 0. The highest BCUT2D eigenvalue weighted by Gasteiger charge is 1.99. The minimum atomic E-state index is 0.822. The van der Waals surface area contributed by atoms with E-state index in [0.29, 0.717) is 0 Å². The summed E-state index contributed by atoms with van der Waals surface area (Å²) in [5.41, 5.74) is 2.41. The van der Waals surface area contributed by atoms with Gasteiger partial charge in [-0.2, -0.15) is 0 Å². The van der Waals surface area contributed by atoms with E-state index in [0.717, 1.165) is 17.7 Å². The lowest BCUT2D eigenvalue weighted by molar-refractivity contribution is 0.432. The lowest BCUT2D eigenvalue weighted by Gasteiger charge is -1.97. The van der Waals surface area contributed by atoms with Gasteiger partial charge in [-0.15, -0.1) is 0 Å². The third-order valence-corrected chi connectivity index (χ3v) is 2.08. The number of benzene rings is 1. The van der Waals surface area contributed by atoms with Crippen molar-refractivity contribution in [2.75, 3.05) is 0 Å². The predicted molar refractivity (Wildman–Crippen MR) is 51.3 cm³/mol. The smallest absolute Gasteiger partial charge is 0.166 e. The first-order valence-corrected chi connectivity index (χ1v) is 4.40. The molecule has 1 heterocycles. The second-order valence-corrected chi connectivity index (χ2v) is 2.93. The monoisotopic (exact) mass is 173 g/mol. The SMILES string of the molecule is CCc1ccc(-c2ccno2)cc1. The number of nitrogens with zero attached hydrogens (tertiary/aromatic N) is 1. The van der Waals surface area contributed by atoms with Crippen LogP contribution in [0.4, 0.5) is 0 Å². The molecule has 0 saturated carbocycles. The van der Waals surface area contributed by atoms with Crippen LogP contribution in [0.1, 0.15) is 12.5 Å². The van der Waals surface area contributed by atoms with E-state index in [9.17, 15) is 0 Å². The van der Waals surface area contributed by atoms with Crippen molar-refractivity contribution in [3.63, 3.8) is 0 Å². The maximum atomic E-state index is 5.04. The minimum Gasteiger partial charge on any atom is -0.356 e. The van der Waals surface area contributed by atoms with Crippen molar-refractivity contribution < 1.29 is 4.52 Å². The summed E-state index contributed by atoms with van der Waals surface area (Å²) in [5.74, 6) is 0.822. The molecule has 0 spiro atoms. The van der Waals surface area contributed by atoms with Crippen LogP contribution in [0.25, 0.3) is 11.3 Å². The van der Waals surface area contributed by atoms with Crippen LogP contribution in [-0.2, 0) is 6.42 Å². The molecule has 2 heteroatoms. The molecule has 0 N–H and O–H groups in total. The van der Waals surface area contributed by atoms with Crippen molar-refractivity contribution in [1.82, 2.24) is 5.16 Å². The van der Waals surface area contributed by atoms with Crippen LogP contribution in [0.2, 0.25) is 0 Å². The predicted octanol–water partition coefficient (Wildman–Crippen LogP) is 2.90. The lowest BCUT2D eigenvalue weighted by Crippen LogP contribution is -1.79. The Bertz CT molecular complexity index is 361. The summed E-state index contributed by atoms with van der Waals surface area (Å²) in [6.07, 6.45) is 2.72. The zero-order valence-corrected chi connectivity index (χ0v) is 7.53. The van der Waals surface area contributed by atoms with Gasteiger partial charge in [0.25, 0.3) is 0 Å². The summed E-state index contributed by atoms with van der Waals surface area (Å²) in [6.45, 7) is 2.14. The molecule has 2 aromatic rings. The van der Waals surface area contributed by atoms with Crippen LogP contribution in [0.3, 0.4) is 0 Å². The van der Waals surface area contributed by atoms with Crippen LogP contribution in [-0.4, -0.2) is 5.16 Å². The highest BCUT2D eigenvalue weighted by atomic mass is 16.5. The molecule has 1 aromatic heterocycles. The van der Waals surface area contributed by atoms with Crippen molar-refractivity contribution in [2.45, 2.75) is 13.3 Å². The van der Waals surface area contributed by atoms with Gasteiger partial charge in [-0.25, -0.2) is 0 Å². The van der Waals surface area contributed by atoms with Crippen molar-refractivity contribution >= 4 is 0 Å². The summed E-state index contributed by atoms with van der Waals surface area (Å²) < 4.78 is 5.04. The van der Waals surface area contributed by atoms with Gasteiger partial charge in [0.05, 0.1) is 6.20 Å². The molecular formula is C11H11NO. The molecule has 1 aromatic carbocycles. The molecular weight excluding hydrogens is 162 g/mol. The maximum Gasteiger partial charge on any atom is 0.166 e. The number of hydrogen-bond donors (Lipinski definition) is 0. The third kappa shape index (κ3) is 1.61. The highest BCUT2D eigenvalue weighted by molar-refractivity contribution is 5.56. The normalized spacial score (nSPS) is 10.2. The molecule has 0 saturated heterocycles. The number of hydrogen-bond acceptors (Lipinski definition) is 2. The third-order valence-electron chi connectivity index (χ3n) is 2.08. The Morgan fingerprint density at radius 3 is 2.46 bits per heavy atom. The van der Waals surface area contributed by atoms with Crippen molar-refractivity contribution in [3.8, 4) is 11.3 Å². The van der Waals surface area contributed by atoms with Gasteiger partial charge in [-0.1, -0.05) is 36.3 Å². The van der Waals surface area contributed by atoms with Crippen molar-refractivity contribution in [1.29, 1.82) is 0 Å². The first-order valence-electron chi connectivity index (χ1n) is 4.40. The van der Waals surface area contributed by atoms with Crippen LogP contribution < -0.4 is 0 Å². The van der Waals surface area contributed by atoms with E-state index in [-0.39, 0.29) is 0 Å². The molecule has 0 aliphatic heterocycles. The average molecular weight is 173 g/mol. The molecule has 2 rings (SSSR count). The molecule has 0 aliphatic rings. The molecule has 66 valence electrons. The fourth-order valence-corrected chi connectivity index (χ4v) is 1.27. The largest absolute Gasteiger partial charge is 0.356 e. The van der Waals surface area contributed by atoms with Gasteiger partial charge in [-0.3, -0.25) is 0 Å². The van der Waals surface area contributed by atoms with Crippen molar-refractivity contribution in [3.05, 3.63) is 42.1 Å². The first-order chi connectivity index (χ1) is 6.40. The zero-order chi connectivity index (χ0) is 9.10. The molecule has 0 atom stereocenters. The molecule has 0 amide bonds. The van der Waals surface area contributed by atoms with E-state index in [1.807, 2.05) is 6.07 Å². The number of aryl methyl sites for hydroxylation is 1. The van der Waals surface area contributed by atoms with E-state index in [2.05, 4.69) is 36.3 Å². The van der Waals surface area contributed by atoms with E-state index in [4.69, 9.17) is 4.52 Å². The van der Waals surface area contributed by atoms with Gasteiger partial charge in [-0.05, 0) is 12.0 Å². The van der Waals surface area contributed by atoms with Crippen LogP contribution in [0.5, 0.6) is 0 Å². The Labute approximate surface area is 77.2 Å². The van der Waals surface area contributed by atoms with Crippen molar-refractivity contribution in [2.24, 2.45) is 0 Å². The number of rotatable bonds is 2. The van der Waals surface area contributed by atoms with E-state index >= 15 is 0 Å². The van der Waals surface area contributed by atoms with E-state index in [1.54, 1.807) is 6.20 Å². The molecule has 0 aliphatic carbocycles. The van der Waals surface area contributed by atoms with E-state index < -0.39 is 0 Å². The van der Waals surface area contributed by atoms with Gasteiger partial charge >= 0.3 is 0 Å². The molecule has 0 radical (unpaired) electrons. The second-order valence-electron chi connectivity index (χ2n) is 2.93. The molecule has 0 fully saturated rings. The topological polar surface area (TPSA) is 26.0 Å². The quantitative estimate of drug-likeness (QED) is 0.697. The Hall–Kier alpha value is -1.57. The first kappa shape index (κ1) is 8.05. The average Bonchev–Trinajstić information content (AvgIpc) is 2.71. The molecule has 2 nitrogen and oxygen atoms in total. The highest BCUT2D eigenvalue weighted by Crippen LogP contribution is 2.18. The number of aromatic nitrogens is 1.